The van der Waals surface area contributed by atoms with Crippen molar-refractivity contribution in [2.24, 2.45) is 0 Å². The average Bonchev–Trinajstić information content (AvgIpc) is 2.22. The van der Waals surface area contributed by atoms with Gasteiger partial charge in [0, 0.05) is 23.9 Å². The third kappa shape index (κ3) is 2.02. The minimum Gasteiger partial charge on any atom is -0.508 e. The van der Waals surface area contributed by atoms with E-state index < -0.39 is 0 Å². The zero-order valence-electron chi connectivity index (χ0n) is 7.70. The third-order valence-electron chi connectivity index (χ3n) is 2.01. The predicted molar refractivity (Wildman–Crippen MR) is 59.2 cm³/mol. The number of phenolic OH excluding ortho intramolecular Hbond substituents is 1. The summed E-state index contributed by atoms with van der Waals surface area (Å²) in [7, 11) is 0. The molecule has 2 aromatic rings. The normalized spacial score (nSPS) is 10.2. The lowest BCUT2D eigenvalue weighted by Crippen LogP contribution is -1.98. The number of halogens is 1. The maximum absolute atomic E-state index is 11.1. The molecule has 15 heavy (non-hydrogen) atoms. The summed E-state index contributed by atoms with van der Waals surface area (Å²) in [6, 6.07) is 7.43. The molecule has 0 atom stereocenters. The topological polar surface area (TPSA) is 53.1 Å². The van der Waals surface area contributed by atoms with Gasteiger partial charge < -0.3 is 10.1 Å². The molecule has 0 saturated heterocycles. The molecule has 0 spiro atoms. The van der Waals surface area contributed by atoms with E-state index in [1.165, 1.54) is 30.5 Å². The van der Waals surface area contributed by atoms with E-state index in [1.54, 1.807) is 6.07 Å². The van der Waals surface area contributed by atoms with Gasteiger partial charge in [0.05, 0.1) is 10.7 Å². The van der Waals surface area contributed by atoms with Crippen LogP contribution >= 0.6 is 11.6 Å². The molecular weight excluding hydrogens is 214 g/mol. The molecule has 0 radical (unpaired) electrons. The molecule has 3 nitrogen and oxygen atoms in total. The first kappa shape index (κ1) is 9.80. The molecule has 1 aromatic carbocycles. The number of aromatic nitrogens is 1. The molecular formula is C11H8ClNO2. The summed E-state index contributed by atoms with van der Waals surface area (Å²) >= 11 is 5.95. The van der Waals surface area contributed by atoms with Gasteiger partial charge in [0.2, 0.25) is 0 Å². The van der Waals surface area contributed by atoms with E-state index in [9.17, 15) is 9.90 Å². The molecule has 0 aliphatic rings. The van der Waals surface area contributed by atoms with Gasteiger partial charge in [0.25, 0.3) is 0 Å². The van der Waals surface area contributed by atoms with Gasteiger partial charge in [0.1, 0.15) is 5.75 Å². The van der Waals surface area contributed by atoms with Crippen LogP contribution in [-0.2, 0) is 0 Å². The van der Waals surface area contributed by atoms with Crippen molar-refractivity contribution in [1.29, 1.82) is 0 Å². The third-order valence-corrected chi connectivity index (χ3v) is 2.34. The first-order chi connectivity index (χ1) is 7.16. The summed E-state index contributed by atoms with van der Waals surface area (Å²) in [5.41, 5.74) is 1.08. The van der Waals surface area contributed by atoms with Crippen LogP contribution < -0.4 is 5.43 Å². The van der Waals surface area contributed by atoms with Crippen molar-refractivity contribution in [3.8, 4) is 17.0 Å². The van der Waals surface area contributed by atoms with Gasteiger partial charge in [-0.1, -0.05) is 11.6 Å². The fraction of sp³-hybridized carbons (Fsp3) is 0. The van der Waals surface area contributed by atoms with E-state index >= 15 is 0 Å². The second-order valence-corrected chi connectivity index (χ2v) is 3.51. The van der Waals surface area contributed by atoms with Crippen LogP contribution in [0.4, 0.5) is 0 Å². The fourth-order valence-corrected chi connectivity index (χ4v) is 1.54. The van der Waals surface area contributed by atoms with E-state index in [0.29, 0.717) is 16.3 Å². The number of aromatic hydroxyl groups is 1. The van der Waals surface area contributed by atoms with E-state index in [0.717, 1.165) is 0 Å². The first-order valence-electron chi connectivity index (χ1n) is 4.34. The fourth-order valence-electron chi connectivity index (χ4n) is 1.32. The van der Waals surface area contributed by atoms with Gasteiger partial charge in [-0.2, -0.15) is 0 Å². The first-order valence-corrected chi connectivity index (χ1v) is 4.72. The Balaban J connectivity index is 2.63. The minimum absolute atomic E-state index is 0.108. The van der Waals surface area contributed by atoms with Gasteiger partial charge in [-0.05, 0) is 18.2 Å². The summed E-state index contributed by atoms with van der Waals surface area (Å²) in [6.45, 7) is 0. The predicted octanol–water partition coefficient (Wildman–Crippen LogP) is 2.40. The SMILES string of the molecule is O=c1cc[nH]c(-c2cc(O)ccc2Cl)c1. The molecule has 1 aromatic heterocycles. The Hall–Kier alpha value is -1.74. The number of nitrogens with one attached hydrogen (secondary N) is 1. The Kier molecular flexibility index (Phi) is 2.47. The Morgan fingerprint density at radius 1 is 1.20 bits per heavy atom. The highest BCUT2D eigenvalue weighted by atomic mass is 35.5. The highest BCUT2D eigenvalue weighted by Gasteiger charge is 2.05. The van der Waals surface area contributed by atoms with Crippen LogP contribution in [0.3, 0.4) is 0 Å². The number of pyridine rings is 1. The minimum atomic E-state index is -0.108. The van der Waals surface area contributed by atoms with Crippen molar-refractivity contribution in [3.63, 3.8) is 0 Å². The van der Waals surface area contributed by atoms with Crippen molar-refractivity contribution in [1.82, 2.24) is 4.98 Å². The molecule has 0 saturated carbocycles. The number of hydrogen-bond acceptors (Lipinski definition) is 2. The smallest absolute Gasteiger partial charge is 0.182 e. The second kappa shape index (κ2) is 3.79. The van der Waals surface area contributed by atoms with Crippen LogP contribution in [0.25, 0.3) is 11.3 Å². The summed E-state index contributed by atoms with van der Waals surface area (Å²) in [5, 5.41) is 9.80. The molecule has 2 rings (SSSR count). The molecule has 0 aliphatic heterocycles. The molecule has 2 N–H and O–H groups in total. The molecule has 0 bridgehead atoms. The van der Waals surface area contributed by atoms with Crippen molar-refractivity contribution < 1.29 is 5.11 Å². The lowest BCUT2D eigenvalue weighted by molar-refractivity contribution is 0.475. The van der Waals surface area contributed by atoms with Crippen molar-refractivity contribution in [2.75, 3.05) is 0 Å². The monoisotopic (exact) mass is 221 g/mol. The molecule has 0 aliphatic carbocycles. The highest BCUT2D eigenvalue weighted by Crippen LogP contribution is 2.28. The zero-order chi connectivity index (χ0) is 10.8. The number of aromatic amines is 1. The average molecular weight is 222 g/mol. The molecule has 1 heterocycles. The number of benzene rings is 1. The van der Waals surface area contributed by atoms with Crippen molar-refractivity contribution >= 4 is 11.6 Å². The Morgan fingerprint density at radius 3 is 2.73 bits per heavy atom. The van der Waals surface area contributed by atoms with Crippen molar-refractivity contribution in [2.45, 2.75) is 0 Å². The second-order valence-electron chi connectivity index (χ2n) is 3.10. The maximum Gasteiger partial charge on any atom is 0.182 e. The Morgan fingerprint density at radius 2 is 2.00 bits per heavy atom. The van der Waals surface area contributed by atoms with Crippen molar-refractivity contribution in [3.05, 3.63) is 51.8 Å². The number of rotatable bonds is 1. The van der Waals surface area contributed by atoms with Crippen LogP contribution in [0.15, 0.2) is 41.3 Å². The highest BCUT2D eigenvalue weighted by molar-refractivity contribution is 6.33. The van der Waals surface area contributed by atoms with Crippen LogP contribution in [0.2, 0.25) is 5.02 Å². The molecule has 4 heteroatoms. The summed E-state index contributed by atoms with van der Waals surface area (Å²) in [4.78, 5) is 14.0. The van der Waals surface area contributed by atoms with E-state index in [1.807, 2.05) is 0 Å². The van der Waals surface area contributed by atoms with Gasteiger partial charge in [-0.3, -0.25) is 4.79 Å². The number of phenols is 1. The summed E-state index contributed by atoms with van der Waals surface area (Å²) < 4.78 is 0. The molecule has 0 fully saturated rings. The summed E-state index contributed by atoms with van der Waals surface area (Å²) in [6.07, 6.45) is 1.54. The van der Waals surface area contributed by atoms with Crippen LogP contribution in [0.5, 0.6) is 5.75 Å². The summed E-state index contributed by atoms with van der Waals surface area (Å²) in [5.74, 6) is 0.110. The van der Waals surface area contributed by atoms with Gasteiger partial charge >= 0.3 is 0 Å². The van der Waals surface area contributed by atoms with Crippen LogP contribution in [-0.4, -0.2) is 10.1 Å². The Bertz CT molecular complexity index is 548. The molecule has 0 unspecified atom stereocenters. The standard InChI is InChI=1S/C11H8ClNO2/c12-10-2-1-7(14)5-9(10)11-6-8(15)3-4-13-11/h1-6,14H,(H,13,15). The van der Waals surface area contributed by atoms with E-state index in [-0.39, 0.29) is 11.2 Å². The van der Waals surface area contributed by atoms with Crippen LogP contribution in [0, 0.1) is 0 Å². The van der Waals surface area contributed by atoms with Gasteiger partial charge in [-0.15, -0.1) is 0 Å². The van der Waals surface area contributed by atoms with Crippen LogP contribution in [0.1, 0.15) is 0 Å². The zero-order valence-corrected chi connectivity index (χ0v) is 8.45. The molecule has 0 amide bonds. The van der Waals surface area contributed by atoms with E-state index in [4.69, 9.17) is 11.6 Å². The van der Waals surface area contributed by atoms with E-state index in [2.05, 4.69) is 4.98 Å². The Labute approximate surface area is 91.0 Å². The lowest BCUT2D eigenvalue weighted by Gasteiger charge is -2.04. The number of hydrogen-bond donors (Lipinski definition) is 2. The molecule has 76 valence electrons. The van der Waals surface area contributed by atoms with Gasteiger partial charge in [-0.25, -0.2) is 0 Å². The maximum atomic E-state index is 11.1. The largest absolute Gasteiger partial charge is 0.508 e. The quantitative estimate of drug-likeness (QED) is 0.777. The lowest BCUT2D eigenvalue weighted by atomic mass is 10.1. The van der Waals surface area contributed by atoms with Gasteiger partial charge in [0.15, 0.2) is 5.43 Å². The number of H-pyrrole nitrogens is 1.